The van der Waals surface area contributed by atoms with Crippen molar-refractivity contribution in [2.45, 2.75) is 71.4 Å². The molecule has 0 aromatic heterocycles. The highest BCUT2D eigenvalue weighted by Gasteiger charge is 2.45. The van der Waals surface area contributed by atoms with E-state index >= 15 is 0 Å². The Balaban J connectivity index is 1.78. The summed E-state index contributed by atoms with van der Waals surface area (Å²) in [4.78, 5) is 27.7. The number of amides is 1. The molecule has 5 heteroatoms. The highest BCUT2D eigenvalue weighted by Crippen LogP contribution is 2.40. The first-order valence-electron chi connectivity index (χ1n) is 12.1. The Hall–Kier alpha value is -3.08. The van der Waals surface area contributed by atoms with Gasteiger partial charge in [0.05, 0.1) is 17.7 Å². The Kier molecular flexibility index (Phi) is 6.87. The van der Waals surface area contributed by atoms with Crippen molar-refractivity contribution in [2.75, 3.05) is 6.54 Å². The van der Waals surface area contributed by atoms with E-state index in [4.69, 9.17) is 4.74 Å². The van der Waals surface area contributed by atoms with Crippen LogP contribution in [0.2, 0.25) is 0 Å². The van der Waals surface area contributed by atoms with Gasteiger partial charge >= 0.3 is 0 Å². The first kappa shape index (κ1) is 23.1. The summed E-state index contributed by atoms with van der Waals surface area (Å²) in [6.45, 7) is 6.45. The van der Waals surface area contributed by atoms with Crippen molar-refractivity contribution in [1.82, 2.24) is 4.90 Å². The monoisotopic (exact) mass is 447 g/mol. The molecule has 4 rings (SSSR count). The number of fused-ring (bicyclic) bond motifs is 1. The van der Waals surface area contributed by atoms with Crippen LogP contribution in [0.25, 0.3) is 5.76 Å². The maximum atomic E-state index is 13.1. The molecule has 1 saturated heterocycles. The van der Waals surface area contributed by atoms with E-state index in [2.05, 4.69) is 6.92 Å². The quantitative estimate of drug-likeness (QED) is 0.342. The number of rotatable bonds is 7. The second kappa shape index (κ2) is 9.82. The minimum absolute atomic E-state index is 0.0510. The summed E-state index contributed by atoms with van der Waals surface area (Å²) in [5.41, 5.74) is 4.09. The lowest BCUT2D eigenvalue weighted by Gasteiger charge is -2.25. The first-order valence-corrected chi connectivity index (χ1v) is 12.1. The highest BCUT2D eigenvalue weighted by atomic mass is 16.5. The van der Waals surface area contributed by atoms with Crippen molar-refractivity contribution >= 4 is 17.4 Å². The number of aliphatic hydroxyl groups is 1. The van der Waals surface area contributed by atoms with Gasteiger partial charge in [-0.3, -0.25) is 9.59 Å². The number of aryl methyl sites for hydroxylation is 2. The summed E-state index contributed by atoms with van der Waals surface area (Å²) in [5, 5.41) is 11.3. The number of unbranched alkanes of at least 4 members (excludes halogenated alkanes) is 1. The molecule has 1 heterocycles. The van der Waals surface area contributed by atoms with Gasteiger partial charge in [0.1, 0.15) is 11.5 Å². The molecule has 0 saturated carbocycles. The number of ether oxygens (including phenoxy) is 1. The van der Waals surface area contributed by atoms with Crippen molar-refractivity contribution in [3.8, 4) is 5.75 Å². The van der Waals surface area contributed by atoms with E-state index in [1.807, 2.05) is 56.3 Å². The summed E-state index contributed by atoms with van der Waals surface area (Å²) in [6.07, 6.45) is 6.07. The SMILES string of the molecule is CCCCN1C(=O)C(=O)/C(=C(\O)c2ccc3c(c2)CCCC3)C1c1ccc(OC(C)C)cc1. The number of aliphatic hydroxyl groups excluding tert-OH is 1. The number of ketones is 1. The molecule has 0 spiro atoms. The molecule has 1 unspecified atom stereocenters. The number of likely N-dealkylation sites (tertiary alicyclic amines) is 1. The highest BCUT2D eigenvalue weighted by molar-refractivity contribution is 6.46. The second-order valence-electron chi connectivity index (χ2n) is 9.27. The van der Waals surface area contributed by atoms with Crippen LogP contribution in [0.4, 0.5) is 0 Å². The minimum Gasteiger partial charge on any atom is -0.507 e. The van der Waals surface area contributed by atoms with Crippen molar-refractivity contribution < 1.29 is 19.4 Å². The molecular weight excluding hydrogens is 414 g/mol. The summed E-state index contributed by atoms with van der Waals surface area (Å²) in [6, 6.07) is 12.8. The van der Waals surface area contributed by atoms with Crippen LogP contribution in [0.1, 0.15) is 74.8 Å². The van der Waals surface area contributed by atoms with E-state index in [0.29, 0.717) is 12.1 Å². The lowest BCUT2D eigenvalue weighted by molar-refractivity contribution is -0.139. The summed E-state index contributed by atoms with van der Waals surface area (Å²) in [7, 11) is 0. The topological polar surface area (TPSA) is 66.8 Å². The van der Waals surface area contributed by atoms with Crippen molar-refractivity contribution in [3.05, 3.63) is 70.3 Å². The molecule has 2 aromatic carbocycles. The van der Waals surface area contributed by atoms with Gasteiger partial charge in [0.25, 0.3) is 11.7 Å². The standard InChI is InChI=1S/C28H33NO4/c1-4-5-16-29-25(20-12-14-23(15-13-20)33-18(2)3)24(27(31)28(29)32)26(30)22-11-10-19-8-6-7-9-21(19)17-22/h10-15,17-18,25,30H,4-9,16H2,1-3H3/b26-24-. The fourth-order valence-corrected chi connectivity index (χ4v) is 4.82. The molecule has 5 nitrogen and oxygen atoms in total. The van der Waals surface area contributed by atoms with Crippen molar-refractivity contribution in [1.29, 1.82) is 0 Å². The lowest BCUT2D eigenvalue weighted by Crippen LogP contribution is -2.30. The van der Waals surface area contributed by atoms with Gasteiger partial charge in [-0.25, -0.2) is 0 Å². The van der Waals surface area contributed by atoms with Crippen LogP contribution in [0.5, 0.6) is 5.75 Å². The molecule has 1 aliphatic heterocycles. The third-order valence-electron chi connectivity index (χ3n) is 6.48. The molecule has 174 valence electrons. The van der Waals surface area contributed by atoms with Gasteiger partial charge < -0.3 is 14.7 Å². The zero-order chi connectivity index (χ0) is 23.5. The zero-order valence-corrected chi connectivity index (χ0v) is 19.8. The number of carbonyl (C=O) groups excluding carboxylic acids is 2. The number of nitrogens with zero attached hydrogens (tertiary/aromatic N) is 1. The van der Waals surface area contributed by atoms with Crippen LogP contribution in [-0.2, 0) is 22.4 Å². The molecule has 1 aliphatic carbocycles. The Labute approximate surface area is 196 Å². The molecule has 33 heavy (non-hydrogen) atoms. The maximum Gasteiger partial charge on any atom is 0.295 e. The predicted octanol–water partition coefficient (Wildman–Crippen LogP) is 5.57. The third-order valence-corrected chi connectivity index (χ3v) is 6.48. The van der Waals surface area contributed by atoms with Gasteiger partial charge in [-0.1, -0.05) is 37.6 Å². The van der Waals surface area contributed by atoms with Gasteiger partial charge in [-0.05, 0) is 80.8 Å². The van der Waals surface area contributed by atoms with Gasteiger partial charge in [0, 0.05) is 12.1 Å². The largest absolute Gasteiger partial charge is 0.507 e. The van der Waals surface area contributed by atoms with Crippen LogP contribution >= 0.6 is 0 Å². The van der Waals surface area contributed by atoms with Crippen LogP contribution in [0.15, 0.2) is 48.0 Å². The maximum absolute atomic E-state index is 13.1. The van der Waals surface area contributed by atoms with Crippen LogP contribution in [-0.4, -0.2) is 34.3 Å². The van der Waals surface area contributed by atoms with E-state index in [9.17, 15) is 14.7 Å². The minimum atomic E-state index is -0.617. The number of hydrogen-bond donors (Lipinski definition) is 1. The summed E-state index contributed by atoms with van der Waals surface area (Å²) < 4.78 is 5.75. The number of benzene rings is 2. The average molecular weight is 448 g/mol. The molecule has 0 radical (unpaired) electrons. The molecule has 1 amide bonds. The van der Waals surface area contributed by atoms with E-state index in [1.165, 1.54) is 17.5 Å². The van der Waals surface area contributed by atoms with E-state index < -0.39 is 17.7 Å². The van der Waals surface area contributed by atoms with E-state index in [0.717, 1.165) is 43.4 Å². The predicted molar refractivity (Wildman–Crippen MR) is 129 cm³/mol. The Bertz CT molecular complexity index is 1070. The van der Waals surface area contributed by atoms with Gasteiger partial charge in [-0.15, -0.1) is 0 Å². The zero-order valence-electron chi connectivity index (χ0n) is 19.8. The van der Waals surface area contributed by atoms with Crippen LogP contribution in [0, 0.1) is 0 Å². The van der Waals surface area contributed by atoms with Crippen LogP contribution in [0.3, 0.4) is 0 Å². The molecule has 2 aliphatic rings. The molecule has 1 fully saturated rings. The fourth-order valence-electron chi connectivity index (χ4n) is 4.82. The first-order chi connectivity index (χ1) is 15.9. The molecule has 1 atom stereocenters. The average Bonchev–Trinajstić information content (AvgIpc) is 3.07. The second-order valence-corrected chi connectivity index (χ2v) is 9.27. The Morgan fingerprint density at radius 3 is 2.42 bits per heavy atom. The van der Waals surface area contributed by atoms with E-state index in [1.54, 1.807) is 4.90 Å². The fraction of sp³-hybridized carbons (Fsp3) is 0.429. The summed E-state index contributed by atoms with van der Waals surface area (Å²) in [5.74, 6) is -0.522. The van der Waals surface area contributed by atoms with Gasteiger partial charge in [0.2, 0.25) is 0 Å². The normalized spacial score (nSPS) is 19.8. The Morgan fingerprint density at radius 1 is 1.06 bits per heavy atom. The van der Waals surface area contributed by atoms with Gasteiger partial charge in [-0.2, -0.15) is 0 Å². The Morgan fingerprint density at radius 2 is 1.76 bits per heavy atom. The third kappa shape index (κ3) is 4.68. The summed E-state index contributed by atoms with van der Waals surface area (Å²) >= 11 is 0. The molecular formula is C28H33NO4. The molecule has 0 bridgehead atoms. The smallest absolute Gasteiger partial charge is 0.295 e. The number of hydrogen-bond acceptors (Lipinski definition) is 4. The number of carbonyl (C=O) groups is 2. The molecule has 1 N–H and O–H groups in total. The van der Waals surface area contributed by atoms with Crippen LogP contribution < -0.4 is 4.74 Å². The lowest BCUT2D eigenvalue weighted by atomic mass is 9.88. The van der Waals surface area contributed by atoms with Crippen molar-refractivity contribution in [2.24, 2.45) is 0 Å². The number of Topliss-reactive ketones (excluding diaryl/α,β-unsaturated/α-hetero) is 1. The molecule has 2 aromatic rings. The van der Waals surface area contributed by atoms with E-state index in [-0.39, 0.29) is 17.4 Å². The van der Waals surface area contributed by atoms with Gasteiger partial charge in [0.15, 0.2) is 0 Å². The van der Waals surface area contributed by atoms with Crippen molar-refractivity contribution in [3.63, 3.8) is 0 Å².